The molecule has 2 N–H and O–H groups in total. The number of carbonyl (C=O) groups excluding carboxylic acids is 3. The van der Waals surface area contributed by atoms with Crippen molar-refractivity contribution in [2.24, 2.45) is 5.92 Å². The third-order valence-electron chi connectivity index (χ3n) is 5.25. The molecule has 0 saturated heterocycles. The Morgan fingerprint density at radius 1 is 1.08 bits per heavy atom. The van der Waals surface area contributed by atoms with Crippen molar-refractivity contribution in [3.05, 3.63) is 77.4 Å². The molecular weight excluding hydrogens is 481 g/mol. The average Bonchev–Trinajstić information content (AvgIpc) is 3.37. The quantitative estimate of drug-likeness (QED) is 0.369. The maximum atomic E-state index is 14.3. The molecule has 0 saturated carbocycles. The van der Waals surface area contributed by atoms with Gasteiger partial charge in [-0.25, -0.2) is 14.0 Å². The maximum absolute atomic E-state index is 14.3. The molecule has 3 aromatic rings. The Balaban J connectivity index is 1.68. The first-order valence-electron chi connectivity index (χ1n) is 11.9. The van der Waals surface area contributed by atoms with E-state index in [9.17, 15) is 18.8 Å². The Hall–Kier alpha value is -4.21. The normalized spacial score (nSPS) is 11.6. The molecule has 3 rings (SSSR count). The number of aryl methyl sites for hydroxylation is 1. The Labute approximate surface area is 214 Å². The van der Waals surface area contributed by atoms with E-state index in [1.165, 1.54) is 18.3 Å². The zero-order chi connectivity index (χ0) is 26.8. The molecule has 196 valence electrons. The smallest absolute Gasteiger partial charge is 0.408 e. The van der Waals surface area contributed by atoms with Crippen LogP contribution < -0.4 is 10.6 Å². The van der Waals surface area contributed by atoms with Crippen molar-refractivity contribution < 1.29 is 32.8 Å². The van der Waals surface area contributed by atoms with Crippen molar-refractivity contribution in [2.75, 3.05) is 13.2 Å². The van der Waals surface area contributed by atoms with Gasteiger partial charge in [-0.05, 0) is 35.2 Å². The molecule has 9 nitrogen and oxygen atoms in total. The summed E-state index contributed by atoms with van der Waals surface area (Å²) in [6, 6.07) is 11.7. The van der Waals surface area contributed by atoms with Crippen LogP contribution in [-0.2, 0) is 27.3 Å². The molecule has 2 amide bonds. The molecule has 10 heteroatoms. The number of benzene rings is 2. The van der Waals surface area contributed by atoms with E-state index < -0.39 is 29.8 Å². The van der Waals surface area contributed by atoms with Crippen LogP contribution in [0.25, 0.3) is 11.1 Å². The fourth-order valence-electron chi connectivity index (χ4n) is 3.38. The van der Waals surface area contributed by atoms with E-state index in [1.807, 2.05) is 39.0 Å². The highest BCUT2D eigenvalue weighted by molar-refractivity contribution is 5.96. The maximum Gasteiger partial charge on any atom is 0.408 e. The van der Waals surface area contributed by atoms with E-state index in [-0.39, 0.29) is 31.2 Å². The van der Waals surface area contributed by atoms with Crippen LogP contribution in [-0.4, -0.2) is 42.3 Å². The largest absolute Gasteiger partial charge is 0.464 e. The summed E-state index contributed by atoms with van der Waals surface area (Å²) in [5.74, 6) is -1.37. The predicted molar refractivity (Wildman–Crippen MR) is 133 cm³/mol. The Morgan fingerprint density at radius 2 is 1.84 bits per heavy atom. The van der Waals surface area contributed by atoms with Crippen LogP contribution in [0.5, 0.6) is 0 Å². The molecule has 2 aromatic carbocycles. The van der Waals surface area contributed by atoms with Crippen LogP contribution >= 0.6 is 0 Å². The number of hydrogen-bond acceptors (Lipinski definition) is 7. The second-order valence-electron chi connectivity index (χ2n) is 8.74. The van der Waals surface area contributed by atoms with Crippen molar-refractivity contribution in [3.8, 4) is 11.1 Å². The molecule has 37 heavy (non-hydrogen) atoms. The number of rotatable bonds is 11. The second-order valence-corrected chi connectivity index (χ2v) is 8.74. The van der Waals surface area contributed by atoms with Gasteiger partial charge in [0.25, 0.3) is 5.91 Å². The van der Waals surface area contributed by atoms with E-state index in [4.69, 9.17) is 14.0 Å². The van der Waals surface area contributed by atoms with Gasteiger partial charge in [0.2, 0.25) is 0 Å². The molecule has 0 aliphatic carbocycles. The van der Waals surface area contributed by atoms with E-state index in [1.54, 1.807) is 12.1 Å². The number of hydrogen-bond donors (Lipinski definition) is 2. The number of ether oxygens (including phenoxy) is 2. The molecule has 1 atom stereocenters. The predicted octanol–water partition coefficient (Wildman–Crippen LogP) is 4.27. The minimum absolute atomic E-state index is 0.00147. The van der Waals surface area contributed by atoms with Crippen LogP contribution in [0.15, 0.2) is 59.3 Å². The highest BCUT2D eigenvalue weighted by Gasteiger charge is 2.25. The zero-order valence-electron chi connectivity index (χ0n) is 21.0. The molecule has 0 aliphatic heterocycles. The van der Waals surface area contributed by atoms with Gasteiger partial charge < -0.3 is 24.6 Å². The lowest BCUT2D eigenvalue weighted by atomic mass is 10.0. The van der Waals surface area contributed by atoms with Crippen molar-refractivity contribution in [2.45, 2.75) is 39.8 Å². The van der Waals surface area contributed by atoms with Crippen LogP contribution in [0.4, 0.5) is 9.18 Å². The Morgan fingerprint density at radius 3 is 2.54 bits per heavy atom. The average molecular weight is 512 g/mol. The molecule has 0 unspecified atom stereocenters. The van der Waals surface area contributed by atoms with Gasteiger partial charge in [0.15, 0.2) is 0 Å². The van der Waals surface area contributed by atoms with Gasteiger partial charge in [-0.15, -0.1) is 0 Å². The zero-order valence-corrected chi connectivity index (χ0v) is 21.0. The van der Waals surface area contributed by atoms with Gasteiger partial charge in [-0.3, -0.25) is 4.79 Å². The first-order valence-corrected chi connectivity index (χ1v) is 11.9. The highest BCUT2D eigenvalue weighted by Crippen LogP contribution is 2.26. The minimum atomic E-state index is -1.22. The monoisotopic (exact) mass is 511 g/mol. The minimum Gasteiger partial charge on any atom is -0.464 e. The number of halogens is 1. The van der Waals surface area contributed by atoms with Crippen molar-refractivity contribution >= 4 is 18.0 Å². The standard InChI is InChI=1S/C27H30FN3O6/c1-4-24-22(13-30-37-24)19-10-20(12-21(28)11-19)25(32)29-14-23(26(33)35-15-17(2)3)31-27(34)36-16-18-8-6-5-7-9-18/h5-13,17,23H,4,14-16H2,1-3H3,(H,29,32)(H,31,34)/t23-/m1/s1. The number of nitrogens with zero attached hydrogens (tertiary/aromatic N) is 1. The summed E-state index contributed by atoms with van der Waals surface area (Å²) in [6.07, 6.45) is 1.15. The van der Waals surface area contributed by atoms with Gasteiger partial charge in [0.05, 0.1) is 12.8 Å². The number of amides is 2. The Kier molecular flexibility index (Phi) is 9.76. The van der Waals surface area contributed by atoms with E-state index in [0.29, 0.717) is 23.3 Å². The molecule has 0 spiro atoms. The van der Waals surface area contributed by atoms with Crippen molar-refractivity contribution in [1.82, 2.24) is 15.8 Å². The van der Waals surface area contributed by atoms with Gasteiger partial charge in [-0.1, -0.05) is 56.3 Å². The summed E-state index contributed by atoms with van der Waals surface area (Å²) in [5.41, 5.74) is 1.80. The van der Waals surface area contributed by atoms with Crippen LogP contribution in [0.3, 0.4) is 0 Å². The summed E-state index contributed by atoms with van der Waals surface area (Å²) >= 11 is 0. The topological polar surface area (TPSA) is 120 Å². The molecular formula is C27H30FN3O6. The van der Waals surface area contributed by atoms with E-state index in [0.717, 1.165) is 11.6 Å². The molecule has 0 fully saturated rings. The first-order chi connectivity index (χ1) is 17.8. The van der Waals surface area contributed by atoms with E-state index in [2.05, 4.69) is 15.8 Å². The lowest BCUT2D eigenvalue weighted by Crippen LogP contribution is -2.49. The molecule has 0 aliphatic rings. The fourth-order valence-corrected chi connectivity index (χ4v) is 3.38. The Bertz CT molecular complexity index is 1210. The van der Waals surface area contributed by atoms with Gasteiger partial charge >= 0.3 is 12.1 Å². The lowest BCUT2D eigenvalue weighted by molar-refractivity contribution is -0.147. The summed E-state index contributed by atoms with van der Waals surface area (Å²) in [6.45, 7) is 5.44. The number of aromatic nitrogens is 1. The summed E-state index contributed by atoms with van der Waals surface area (Å²) in [7, 11) is 0. The first kappa shape index (κ1) is 27.4. The molecule has 1 heterocycles. The second kappa shape index (κ2) is 13.2. The third kappa shape index (κ3) is 8.16. The molecule has 1 aromatic heterocycles. The van der Waals surface area contributed by atoms with Gasteiger partial charge in [0.1, 0.15) is 24.2 Å². The van der Waals surface area contributed by atoms with Crippen LogP contribution in [0.1, 0.15) is 42.5 Å². The summed E-state index contributed by atoms with van der Waals surface area (Å²) in [4.78, 5) is 37.8. The van der Waals surface area contributed by atoms with Crippen LogP contribution in [0, 0.1) is 11.7 Å². The number of nitrogens with one attached hydrogen (secondary N) is 2. The van der Waals surface area contributed by atoms with Crippen molar-refractivity contribution in [1.29, 1.82) is 0 Å². The molecule has 0 bridgehead atoms. The number of carbonyl (C=O) groups is 3. The summed E-state index contributed by atoms with van der Waals surface area (Å²) in [5, 5.41) is 8.73. The highest BCUT2D eigenvalue weighted by atomic mass is 19.1. The van der Waals surface area contributed by atoms with E-state index >= 15 is 0 Å². The SMILES string of the molecule is CCc1oncc1-c1cc(F)cc(C(=O)NC[C@@H](NC(=O)OCc2ccccc2)C(=O)OCC(C)C)c1. The third-order valence-corrected chi connectivity index (χ3v) is 5.25. The number of alkyl carbamates (subject to hydrolysis) is 1. The van der Waals surface area contributed by atoms with Gasteiger partial charge in [-0.2, -0.15) is 0 Å². The van der Waals surface area contributed by atoms with Gasteiger partial charge in [0, 0.05) is 24.1 Å². The lowest BCUT2D eigenvalue weighted by Gasteiger charge is -2.19. The van der Waals surface area contributed by atoms with Crippen LogP contribution in [0.2, 0.25) is 0 Å². The molecule has 0 radical (unpaired) electrons. The number of esters is 1. The summed E-state index contributed by atoms with van der Waals surface area (Å²) < 4.78 is 29.9. The van der Waals surface area contributed by atoms with Crippen molar-refractivity contribution in [3.63, 3.8) is 0 Å². The fraction of sp³-hybridized carbons (Fsp3) is 0.333.